The summed E-state index contributed by atoms with van der Waals surface area (Å²) in [5, 5.41) is 14.7. The maximum atomic E-state index is 14.2. The number of hydrogen-bond acceptors (Lipinski definition) is 13. The minimum Gasteiger partial charge on any atom is -0.495 e. The van der Waals surface area contributed by atoms with Crippen LogP contribution in [0.1, 0.15) is 72.3 Å². The first-order chi connectivity index (χ1) is 27.2. The third kappa shape index (κ3) is 11.6. The number of epoxide rings is 1. The number of ether oxygens (including phenoxy) is 5. The number of benzene rings is 1. The smallest absolute Gasteiger partial charge is 0.409 e. The average Bonchev–Trinajstić information content (AvgIpc) is 3.87. The Labute approximate surface area is 353 Å². The molecule has 0 saturated carbocycles. The molecule has 15 nitrogen and oxygen atoms in total. The zero-order valence-electron chi connectivity index (χ0n) is 34.6. The predicted molar refractivity (Wildman–Crippen MR) is 224 cm³/mol. The van der Waals surface area contributed by atoms with Crippen LogP contribution in [-0.2, 0) is 44.5 Å². The van der Waals surface area contributed by atoms with Crippen molar-refractivity contribution >= 4 is 68.7 Å². The number of hydrogen-bond donors (Lipinski definition) is 3. The van der Waals surface area contributed by atoms with Crippen molar-refractivity contribution in [3.63, 3.8) is 0 Å². The van der Waals surface area contributed by atoms with Crippen LogP contribution in [0.4, 0.5) is 10.5 Å². The predicted octanol–water partition coefficient (Wildman–Crippen LogP) is 4.94. The van der Waals surface area contributed by atoms with Gasteiger partial charge in [-0.3, -0.25) is 19.7 Å². The zero-order chi connectivity index (χ0) is 43.1. The topological polar surface area (TPSA) is 200 Å². The Bertz CT molecular complexity index is 1770. The van der Waals surface area contributed by atoms with E-state index in [0.29, 0.717) is 30.0 Å². The standard InChI is InChI=1S/C40H57ClN4O11S2/c1-22-11-10-12-30(53-9)40(51)21-29(54-38(50)43-40)24(3)36-39(5,56-36)31(20-34(48)45(7)27-18-26(17-22)19-28(52-8)35(27)41)55-37(49)25(4)44(6)33(47)15-16-57-58-23(2)13-14-32(42)46/h10-12,18-19,23-25,29-31,36,51H,13-17,20-21H2,1-9H3,(H2,42,46)(H,43,50)/b12-10+,22-11+/t23?,24-,25+,29?,30-,31+,36?,39?,40+/m1/s1. The number of carbonyl (C=O) groups is 5. The number of fused-ring (bicyclic) bond motifs is 5. The lowest BCUT2D eigenvalue weighted by Crippen LogP contribution is -2.63. The van der Waals surface area contributed by atoms with Crippen LogP contribution in [-0.4, -0.2) is 121 Å². The number of primary amides is 1. The summed E-state index contributed by atoms with van der Waals surface area (Å²) in [6.07, 6.45) is 1.86. The first-order valence-electron chi connectivity index (χ1n) is 19.2. The van der Waals surface area contributed by atoms with Crippen molar-refractivity contribution in [2.75, 3.05) is 39.0 Å². The van der Waals surface area contributed by atoms with Gasteiger partial charge in [0.2, 0.25) is 17.7 Å². The zero-order valence-corrected chi connectivity index (χ0v) is 37.0. The van der Waals surface area contributed by atoms with Gasteiger partial charge in [0.05, 0.1) is 25.3 Å². The van der Waals surface area contributed by atoms with Crippen LogP contribution in [0.25, 0.3) is 0 Å². The fourth-order valence-corrected chi connectivity index (χ4v) is 9.72. The van der Waals surface area contributed by atoms with Gasteiger partial charge in [0.1, 0.15) is 40.7 Å². The molecule has 2 fully saturated rings. The van der Waals surface area contributed by atoms with Crippen molar-refractivity contribution < 1.29 is 52.8 Å². The number of esters is 1. The van der Waals surface area contributed by atoms with Gasteiger partial charge >= 0.3 is 12.1 Å². The quantitative estimate of drug-likeness (QED) is 0.104. The van der Waals surface area contributed by atoms with Crippen molar-refractivity contribution in [2.24, 2.45) is 11.7 Å². The van der Waals surface area contributed by atoms with Crippen molar-refractivity contribution in [3.05, 3.63) is 46.5 Å². The largest absolute Gasteiger partial charge is 0.495 e. The number of allylic oxidation sites excluding steroid dienone is 3. The molecule has 9 atom stereocenters. The third-order valence-electron chi connectivity index (χ3n) is 11.0. The number of alkyl carbamates (subject to hydrolysis) is 1. The molecular formula is C40H57ClN4O11S2. The minimum absolute atomic E-state index is 0.0648. The molecule has 0 aromatic heterocycles. The molecule has 3 heterocycles. The van der Waals surface area contributed by atoms with Gasteiger partial charge in [-0.15, -0.1) is 0 Å². The molecule has 322 valence electrons. The van der Waals surface area contributed by atoms with E-state index in [-0.39, 0.29) is 47.8 Å². The van der Waals surface area contributed by atoms with Crippen molar-refractivity contribution in [2.45, 2.75) is 120 Å². The second-order valence-electron chi connectivity index (χ2n) is 15.4. The Morgan fingerprint density at radius 3 is 2.57 bits per heavy atom. The first-order valence-corrected chi connectivity index (χ1v) is 21.9. The number of nitrogens with one attached hydrogen (secondary N) is 1. The van der Waals surface area contributed by atoms with Gasteiger partial charge in [0.15, 0.2) is 5.72 Å². The fraction of sp³-hybridized carbons (Fsp3) is 0.625. The molecule has 1 aromatic carbocycles. The highest BCUT2D eigenvalue weighted by atomic mass is 35.5. The minimum atomic E-state index is -1.84. The van der Waals surface area contributed by atoms with E-state index in [4.69, 9.17) is 41.0 Å². The van der Waals surface area contributed by atoms with Crippen LogP contribution < -0.4 is 20.7 Å². The molecule has 3 aliphatic heterocycles. The summed E-state index contributed by atoms with van der Waals surface area (Å²) in [6.45, 7) is 8.95. The first kappa shape index (κ1) is 47.2. The molecule has 4 rings (SSSR count). The molecule has 18 heteroatoms. The molecular weight excluding hydrogens is 812 g/mol. The van der Waals surface area contributed by atoms with Crippen LogP contribution in [0.5, 0.6) is 5.75 Å². The van der Waals surface area contributed by atoms with Crippen LogP contribution in [0.3, 0.4) is 0 Å². The molecule has 58 heavy (non-hydrogen) atoms. The van der Waals surface area contributed by atoms with Gasteiger partial charge in [0, 0.05) is 57.4 Å². The molecule has 0 radical (unpaired) electrons. The van der Waals surface area contributed by atoms with Crippen molar-refractivity contribution in [3.8, 4) is 5.75 Å². The number of halogens is 1. The number of aliphatic hydroxyl groups is 1. The molecule has 4 bridgehead atoms. The molecule has 4 amide bonds. The number of nitrogens with zero attached hydrogens (tertiary/aromatic N) is 2. The summed E-state index contributed by atoms with van der Waals surface area (Å²) < 4.78 is 29.3. The second kappa shape index (κ2) is 20.2. The molecule has 0 aliphatic carbocycles. The van der Waals surface area contributed by atoms with Gasteiger partial charge < -0.3 is 44.3 Å². The monoisotopic (exact) mass is 868 g/mol. The highest BCUT2D eigenvalue weighted by molar-refractivity contribution is 8.76. The highest BCUT2D eigenvalue weighted by Gasteiger charge is 2.64. The lowest BCUT2D eigenvalue weighted by molar-refractivity contribution is -0.162. The maximum absolute atomic E-state index is 14.2. The van der Waals surface area contributed by atoms with Crippen molar-refractivity contribution in [1.82, 2.24) is 10.2 Å². The summed E-state index contributed by atoms with van der Waals surface area (Å²) in [5.41, 5.74) is 4.26. The SMILES string of the molecule is COc1cc2cc(c1Cl)N(C)C(=O)C[C@H](OC(=O)[C@H](C)N(C)C(=O)CCSSC(C)CCC(N)=O)C1(C)OC1[C@H](C)C1C[C@@](O)(NC(=O)O1)[C@H](OC)/C=C/C=C(\C)C2. The van der Waals surface area contributed by atoms with Gasteiger partial charge in [-0.05, 0) is 51.3 Å². The van der Waals surface area contributed by atoms with E-state index in [1.165, 1.54) is 41.9 Å². The Balaban J connectivity index is 1.63. The molecule has 4 N–H and O–H groups in total. The number of anilines is 1. The van der Waals surface area contributed by atoms with Gasteiger partial charge in [-0.25, -0.2) is 9.59 Å². The summed E-state index contributed by atoms with van der Waals surface area (Å²) >= 11 is 6.78. The van der Waals surface area contributed by atoms with E-state index in [1.807, 2.05) is 19.9 Å². The highest BCUT2D eigenvalue weighted by Crippen LogP contribution is 2.49. The normalized spacial score (nSPS) is 30.0. The van der Waals surface area contributed by atoms with Crippen LogP contribution >= 0.6 is 33.2 Å². The van der Waals surface area contributed by atoms with Gasteiger partial charge in [-0.1, -0.05) is 70.8 Å². The van der Waals surface area contributed by atoms with E-state index in [9.17, 15) is 29.1 Å². The Morgan fingerprint density at radius 1 is 1.21 bits per heavy atom. The molecule has 1 aromatic rings. The van der Waals surface area contributed by atoms with Crippen LogP contribution in [0.2, 0.25) is 5.02 Å². The summed E-state index contributed by atoms with van der Waals surface area (Å²) in [5.74, 6) is -1.54. The van der Waals surface area contributed by atoms with E-state index >= 15 is 0 Å². The fourth-order valence-electron chi connectivity index (χ4n) is 7.08. The summed E-state index contributed by atoms with van der Waals surface area (Å²) in [4.78, 5) is 67.9. The Kier molecular flexibility index (Phi) is 16.4. The van der Waals surface area contributed by atoms with E-state index < -0.39 is 65.7 Å². The number of methoxy groups -OCH3 is 2. The number of amides is 4. The maximum Gasteiger partial charge on any atom is 0.409 e. The third-order valence-corrected chi connectivity index (χ3v) is 14.3. The summed E-state index contributed by atoms with van der Waals surface area (Å²) in [6, 6.07) is 2.55. The van der Waals surface area contributed by atoms with Crippen LogP contribution in [0.15, 0.2) is 35.9 Å². The second-order valence-corrected chi connectivity index (χ2v) is 18.7. The molecule has 0 spiro atoms. The number of carbonyl (C=O) groups excluding carboxylic acids is 5. The van der Waals surface area contributed by atoms with Gasteiger partial charge in [-0.2, -0.15) is 0 Å². The van der Waals surface area contributed by atoms with Crippen molar-refractivity contribution in [1.29, 1.82) is 0 Å². The average molecular weight is 870 g/mol. The van der Waals surface area contributed by atoms with E-state index in [1.54, 1.807) is 62.9 Å². The number of likely N-dealkylation sites (N-methyl/N-ethyl adjacent to an activating group) is 1. The Hall–Kier alpha value is -3.48. The van der Waals surface area contributed by atoms with Crippen LogP contribution in [0, 0.1) is 5.92 Å². The molecule has 4 unspecified atom stereocenters. The van der Waals surface area contributed by atoms with E-state index in [2.05, 4.69) is 5.32 Å². The van der Waals surface area contributed by atoms with Gasteiger partial charge in [0.25, 0.3) is 0 Å². The number of rotatable bonds is 13. The lowest BCUT2D eigenvalue weighted by Gasteiger charge is -2.42. The Morgan fingerprint density at radius 2 is 1.91 bits per heavy atom. The number of nitrogens with two attached hydrogens (primary N) is 1. The molecule has 2 saturated heterocycles. The van der Waals surface area contributed by atoms with E-state index in [0.717, 1.165) is 11.1 Å². The lowest BCUT2D eigenvalue weighted by atomic mass is 9.83. The molecule has 3 aliphatic rings. The summed E-state index contributed by atoms with van der Waals surface area (Å²) in [7, 11) is 9.05.